The summed E-state index contributed by atoms with van der Waals surface area (Å²) in [5.74, 6) is 1.47. The number of hydrogen-bond donors (Lipinski definition) is 0. The fraction of sp³-hybridized carbons (Fsp3) is 0.304. The summed E-state index contributed by atoms with van der Waals surface area (Å²) < 4.78 is 28.2. The lowest BCUT2D eigenvalue weighted by Crippen LogP contribution is -2.38. The van der Waals surface area contributed by atoms with Crippen molar-refractivity contribution in [3.8, 4) is 17.5 Å². The lowest BCUT2D eigenvalue weighted by Gasteiger charge is -2.31. The third kappa shape index (κ3) is 3.72. The Balaban J connectivity index is 1.55. The molecule has 4 heterocycles. The van der Waals surface area contributed by atoms with E-state index in [0.717, 1.165) is 48.6 Å². The van der Waals surface area contributed by atoms with Crippen LogP contribution in [0.3, 0.4) is 0 Å². The van der Waals surface area contributed by atoms with Crippen LogP contribution in [0.1, 0.15) is 29.7 Å². The molecule has 2 aliphatic heterocycles. The Kier molecular flexibility index (Phi) is 5.33. The Morgan fingerprint density at radius 1 is 1.00 bits per heavy atom. The van der Waals surface area contributed by atoms with E-state index >= 15 is 0 Å². The molecule has 1 fully saturated rings. The van der Waals surface area contributed by atoms with E-state index in [2.05, 4.69) is 9.88 Å². The van der Waals surface area contributed by atoms with Crippen LogP contribution in [0.4, 0.5) is 5.82 Å². The maximum Gasteiger partial charge on any atom is 0.243 e. The molecule has 32 heavy (non-hydrogen) atoms. The summed E-state index contributed by atoms with van der Waals surface area (Å²) in [7, 11) is -3.74. The largest absolute Gasteiger partial charge is 0.356 e. The minimum Gasteiger partial charge on any atom is -0.356 e. The summed E-state index contributed by atoms with van der Waals surface area (Å²) in [6.45, 7) is 2.35. The molecule has 0 bridgehead atoms. The van der Waals surface area contributed by atoms with Crippen molar-refractivity contribution >= 4 is 15.8 Å². The zero-order chi connectivity index (χ0) is 22.1. The highest BCUT2D eigenvalue weighted by atomic mass is 32.2. The number of hydrogen-bond acceptors (Lipinski definition) is 7. The van der Waals surface area contributed by atoms with Crippen LogP contribution < -0.4 is 4.90 Å². The molecular weight excluding hydrogens is 424 g/mol. The van der Waals surface area contributed by atoms with E-state index in [1.165, 1.54) is 16.4 Å². The standard InChI is InChI=1S/C23H22N6O2S/c24-15-17-4-3-5-19(14-17)32(30,31)29-13-8-21-20(16-29)23(28-11-1-2-12-28)27-22(26-21)18-6-9-25-10-7-18/h3-7,9-10,14H,1-2,8,11-13,16H2. The predicted molar refractivity (Wildman–Crippen MR) is 119 cm³/mol. The fourth-order valence-electron chi connectivity index (χ4n) is 4.27. The van der Waals surface area contributed by atoms with Crippen LogP contribution in [-0.2, 0) is 23.0 Å². The third-order valence-corrected chi connectivity index (χ3v) is 7.79. The SMILES string of the molecule is N#Cc1cccc(S(=O)(=O)N2CCc3nc(-c4ccncc4)nc(N4CCCC4)c3C2)c1. The van der Waals surface area contributed by atoms with Gasteiger partial charge in [0.15, 0.2) is 5.82 Å². The van der Waals surface area contributed by atoms with Gasteiger partial charge < -0.3 is 4.90 Å². The van der Waals surface area contributed by atoms with Crippen molar-refractivity contribution in [1.29, 1.82) is 5.26 Å². The summed E-state index contributed by atoms with van der Waals surface area (Å²) >= 11 is 0. The smallest absolute Gasteiger partial charge is 0.243 e. The minimum atomic E-state index is -3.74. The number of anilines is 1. The number of nitrogens with zero attached hydrogens (tertiary/aromatic N) is 6. The molecule has 3 aromatic rings. The molecule has 162 valence electrons. The highest BCUT2D eigenvalue weighted by Crippen LogP contribution is 2.33. The van der Waals surface area contributed by atoms with E-state index in [1.807, 2.05) is 18.2 Å². The van der Waals surface area contributed by atoms with Gasteiger partial charge in [0.1, 0.15) is 5.82 Å². The van der Waals surface area contributed by atoms with Gasteiger partial charge in [-0.1, -0.05) is 6.07 Å². The number of pyridine rings is 1. The maximum absolute atomic E-state index is 13.3. The second kappa shape index (κ2) is 8.30. The number of rotatable bonds is 4. The van der Waals surface area contributed by atoms with Gasteiger partial charge in [0.2, 0.25) is 10.0 Å². The average Bonchev–Trinajstić information content (AvgIpc) is 3.38. The van der Waals surface area contributed by atoms with Crippen molar-refractivity contribution < 1.29 is 8.42 Å². The molecule has 0 unspecified atom stereocenters. The summed E-state index contributed by atoms with van der Waals surface area (Å²) in [6.07, 6.45) is 6.13. The third-order valence-electron chi connectivity index (χ3n) is 5.95. The normalized spacial score (nSPS) is 16.5. The molecule has 0 amide bonds. The number of nitriles is 1. The second-order valence-corrected chi connectivity index (χ2v) is 9.89. The van der Waals surface area contributed by atoms with E-state index in [9.17, 15) is 8.42 Å². The lowest BCUT2D eigenvalue weighted by atomic mass is 10.1. The zero-order valence-electron chi connectivity index (χ0n) is 17.5. The summed E-state index contributed by atoms with van der Waals surface area (Å²) in [6, 6.07) is 11.9. The Hall–Kier alpha value is -3.35. The van der Waals surface area contributed by atoms with Crippen LogP contribution in [-0.4, -0.2) is 47.3 Å². The Morgan fingerprint density at radius 3 is 2.53 bits per heavy atom. The van der Waals surface area contributed by atoms with Gasteiger partial charge in [-0.25, -0.2) is 18.4 Å². The highest BCUT2D eigenvalue weighted by Gasteiger charge is 2.33. The van der Waals surface area contributed by atoms with Crippen molar-refractivity contribution in [2.24, 2.45) is 0 Å². The molecule has 0 N–H and O–H groups in total. The number of sulfonamides is 1. The van der Waals surface area contributed by atoms with Gasteiger partial charge in [-0.3, -0.25) is 4.98 Å². The van der Waals surface area contributed by atoms with E-state index in [-0.39, 0.29) is 11.4 Å². The first kappa shape index (κ1) is 20.5. The molecule has 0 spiro atoms. The molecule has 0 aliphatic carbocycles. The van der Waals surface area contributed by atoms with Crippen molar-refractivity contribution in [2.75, 3.05) is 24.5 Å². The first-order valence-corrected chi connectivity index (χ1v) is 12.1. The molecule has 1 saturated heterocycles. The zero-order valence-corrected chi connectivity index (χ0v) is 18.3. The van der Waals surface area contributed by atoms with E-state index < -0.39 is 10.0 Å². The number of benzene rings is 1. The molecule has 0 atom stereocenters. The number of aromatic nitrogens is 3. The van der Waals surface area contributed by atoms with Crippen molar-refractivity contribution in [3.63, 3.8) is 0 Å². The van der Waals surface area contributed by atoms with Gasteiger partial charge >= 0.3 is 0 Å². The van der Waals surface area contributed by atoms with Crippen molar-refractivity contribution in [1.82, 2.24) is 19.3 Å². The van der Waals surface area contributed by atoms with Gasteiger partial charge in [-0.15, -0.1) is 0 Å². The lowest BCUT2D eigenvalue weighted by molar-refractivity contribution is 0.387. The Morgan fingerprint density at radius 2 is 1.78 bits per heavy atom. The number of fused-ring (bicyclic) bond motifs is 1. The topological polar surface area (TPSA) is 103 Å². The van der Waals surface area contributed by atoms with Crippen LogP contribution in [0.5, 0.6) is 0 Å². The molecule has 0 radical (unpaired) electrons. The Labute approximate surface area is 187 Å². The van der Waals surface area contributed by atoms with Crippen molar-refractivity contribution in [3.05, 3.63) is 65.6 Å². The summed E-state index contributed by atoms with van der Waals surface area (Å²) in [4.78, 5) is 16.1. The van der Waals surface area contributed by atoms with Crippen molar-refractivity contribution in [2.45, 2.75) is 30.7 Å². The molecule has 5 rings (SSSR count). The molecule has 2 aromatic heterocycles. The molecule has 1 aromatic carbocycles. The maximum atomic E-state index is 13.3. The summed E-state index contributed by atoms with van der Waals surface area (Å²) in [5.41, 5.74) is 2.99. The van der Waals surface area contributed by atoms with E-state index in [0.29, 0.717) is 24.4 Å². The van der Waals surface area contributed by atoms with Crippen LogP contribution in [0.2, 0.25) is 0 Å². The predicted octanol–water partition coefficient (Wildman–Crippen LogP) is 2.76. The van der Waals surface area contributed by atoms with Crippen LogP contribution in [0.25, 0.3) is 11.4 Å². The average molecular weight is 447 g/mol. The second-order valence-electron chi connectivity index (χ2n) is 7.95. The van der Waals surface area contributed by atoms with Crippen LogP contribution >= 0.6 is 0 Å². The molecule has 9 heteroatoms. The van der Waals surface area contributed by atoms with Crippen LogP contribution in [0.15, 0.2) is 53.7 Å². The van der Waals surface area contributed by atoms with Gasteiger partial charge in [0.25, 0.3) is 0 Å². The first-order chi connectivity index (χ1) is 15.6. The molecular formula is C23H22N6O2S. The molecule has 2 aliphatic rings. The molecule has 8 nitrogen and oxygen atoms in total. The fourth-order valence-corrected chi connectivity index (χ4v) is 5.73. The van der Waals surface area contributed by atoms with E-state index in [1.54, 1.807) is 24.5 Å². The van der Waals surface area contributed by atoms with Gasteiger partial charge in [-0.05, 0) is 43.2 Å². The van der Waals surface area contributed by atoms with Crippen LogP contribution in [0, 0.1) is 11.3 Å². The monoisotopic (exact) mass is 446 g/mol. The van der Waals surface area contributed by atoms with Gasteiger partial charge in [0.05, 0.1) is 22.2 Å². The van der Waals surface area contributed by atoms with Gasteiger partial charge in [0, 0.05) is 56.1 Å². The highest BCUT2D eigenvalue weighted by molar-refractivity contribution is 7.89. The molecule has 0 saturated carbocycles. The van der Waals surface area contributed by atoms with E-state index in [4.69, 9.17) is 15.2 Å². The first-order valence-electron chi connectivity index (χ1n) is 10.6. The quantitative estimate of drug-likeness (QED) is 0.607. The Bertz CT molecular complexity index is 1300. The van der Waals surface area contributed by atoms with Gasteiger partial charge in [-0.2, -0.15) is 9.57 Å². The minimum absolute atomic E-state index is 0.136. The summed E-state index contributed by atoms with van der Waals surface area (Å²) in [5, 5.41) is 9.16.